The lowest BCUT2D eigenvalue weighted by Gasteiger charge is -2.15. The summed E-state index contributed by atoms with van der Waals surface area (Å²) < 4.78 is 0. The minimum absolute atomic E-state index is 0.448. The highest BCUT2D eigenvalue weighted by Gasteiger charge is 2.11. The van der Waals surface area contributed by atoms with Crippen LogP contribution < -0.4 is 0 Å². The van der Waals surface area contributed by atoms with Crippen molar-refractivity contribution in [2.75, 3.05) is 5.33 Å². The van der Waals surface area contributed by atoms with Crippen molar-refractivity contribution in [2.24, 2.45) is 0 Å². The Hall–Kier alpha value is -0.500. The van der Waals surface area contributed by atoms with Crippen LogP contribution in [0.3, 0.4) is 0 Å². The van der Waals surface area contributed by atoms with Gasteiger partial charge in [0.05, 0.1) is 10.0 Å². The molecule has 0 heterocycles. The standard InChI is InChI=1S/C15H13BrCl2/c16-10-13(12-4-2-1-3-5-12)8-11-6-7-14(17)15(18)9-11/h1-7,9,13H,8,10H2. The molecule has 2 aromatic carbocycles. The predicted molar refractivity (Wildman–Crippen MR) is 83.1 cm³/mol. The second-order valence-corrected chi connectivity index (χ2v) is 5.68. The lowest BCUT2D eigenvalue weighted by Crippen LogP contribution is -2.04. The number of rotatable bonds is 4. The Bertz CT molecular complexity index is 511. The Morgan fingerprint density at radius 1 is 0.944 bits per heavy atom. The fourth-order valence-electron chi connectivity index (χ4n) is 1.94. The zero-order valence-electron chi connectivity index (χ0n) is 9.74. The summed E-state index contributed by atoms with van der Waals surface area (Å²) in [6, 6.07) is 16.3. The normalized spacial score (nSPS) is 12.4. The topological polar surface area (TPSA) is 0 Å². The summed E-state index contributed by atoms with van der Waals surface area (Å²) in [5.74, 6) is 0.448. The summed E-state index contributed by atoms with van der Waals surface area (Å²) in [7, 11) is 0. The number of benzene rings is 2. The van der Waals surface area contributed by atoms with E-state index in [9.17, 15) is 0 Å². The highest BCUT2D eigenvalue weighted by Crippen LogP contribution is 2.27. The van der Waals surface area contributed by atoms with Gasteiger partial charge in [0.25, 0.3) is 0 Å². The first-order valence-electron chi connectivity index (χ1n) is 5.75. The molecule has 0 amide bonds. The summed E-state index contributed by atoms with van der Waals surface area (Å²) in [4.78, 5) is 0. The summed E-state index contributed by atoms with van der Waals surface area (Å²) >= 11 is 15.6. The first-order chi connectivity index (χ1) is 8.70. The van der Waals surface area contributed by atoms with Gasteiger partial charge in [-0.2, -0.15) is 0 Å². The Balaban J connectivity index is 2.18. The van der Waals surface area contributed by atoms with E-state index in [4.69, 9.17) is 23.2 Å². The van der Waals surface area contributed by atoms with Gasteiger partial charge >= 0.3 is 0 Å². The zero-order valence-corrected chi connectivity index (χ0v) is 12.8. The Morgan fingerprint density at radius 2 is 1.67 bits per heavy atom. The number of halogens is 3. The monoisotopic (exact) mass is 342 g/mol. The quantitative estimate of drug-likeness (QED) is 0.623. The van der Waals surface area contributed by atoms with Crippen LogP contribution in [0.25, 0.3) is 0 Å². The van der Waals surface area contributed by atoms with E-state index >= 15 is 0 Å². The molecular weight excluding hydrogens is 331 g/mol. The molecule has 0 aliphatic carbocycles. The first kappa shape index (κ1) is 13.9. The van der Waals surface area contributed by atoms with Gasteiger partial charge in [-0.25, -0.2) is 0 Å². The molecule has 0 spiro atoms. The van der Waals surface area contributed by atoms with Crippen molar-refractivity contribution in [1.82, 2.24) is 0 Å². The minimum Gasteiger partial charge on any atom is -0.0921 e. The predicted octanol–water partition coefficient (Wildman–Crippen LogP) is 5.71. The average molecular weight is 344 g/mol. The zero-order chi connectivity index (χ0) is 13.0. The molecule has 0 fully saturated rings. The second kappa shape index (κ2) is 6.60. The molecule has 94 valence electrons. The van der Waals surface area contributed by atoms with Crippen molar-refractivity contribution in [1.29, 1.82) is 0 Å². The summed E-state index contributed by atoms with van der Waals surface area (Å²) in [6.07, 6.45) is 0.951. The van der Waals surface area contributed by atoms with E-state index in [0.29, 0.717) is 16.0 Å². The summed E-state index contributed by atoms with van der Waals surface area (Å²) in [5.41, 5.74) is 2.54. The van der Waals surface area contributed by atoms with Crippen LogP contribution in [-0.2, 0) is 6.42 Å². The smallest absolute Gasteiger partial charge is 0.0595 e. The number of hydrogen-bond donors (Lipinski definition) is 0. The lowest BCUT2D eigenvalue weighted by molar-refractivity contribution is 0.776. The third-order valence-corrected chi connectivity index (χ3v) is 4.44. The maximum absolute atomic E-state index is 6.04. The molecule has 1 atom stereocenters. The van der Waals surface area contributed by atoms with Gasteiger partial charge < -0.3 is 0 Å². The van der Waals surface area contributed by atoms with Gasteiger partial charge in [-0.3, -0.25) is 0 Å². The van der Waals surface area contributed by atoms with Gasteiger partial charge in [0, 0.05) is 5.33 Å². The van der Waals surface area contributed by atoms with Gasteiger partial charge in [-0.1, -0.05) is 75.5 Å². The van der Waals surface area contributed by atoms with Crippen LogP contribution in [0.4, 0.5) is 0 Å². The molecule has 0 aliphatic rings. The Kier molecular flexibility index (Phi) is 5.11. The molecule has 0 bridgehead atoms. The van der Waals surface area contributed by atoms with Crippen molar-refractivity contribution < 1.29 is 0 Å². The maximum atomic E-state index is 6.04. The number of hydrogen-bond acceptors (Lipinski definition) is 0. The molecule has 0 saturated carbocycles. The molecule has 0 N–H and O–H groups in total. The highest BCUT2D eigenvalue weighted by molar-refractivity contribution is 9.09. The minimum atomic E-state index is 0.448. The molecule has 0 radical (unpaired) electrons. The first-order valence-corrected chi connectivity index (χ1v) is 7.63. The van der Waals surface area contributed by atoms with Crippen LogP contribution in [0, 0.1) is 0 Å². The molecule has 1 unspecified atom stereocenters. The van der Waals surface area contributed by atoms with Gasteiger partial charge in [0.15, 0.2) is 0 Å². The summed E-state index contributed by atoms with van der Waals surface area (Å²) in [5, 5.41) is 2.16. The van der Waals surface area contributed by atoms with Crippen molar-refractivity contribution in [3.05, 3.63) is 69.7 Å². The second-order valence-electron chi connectivity index (χ2n) is 4.21. The van der Waals surface area contributed by atoms with Crippen LogP contribution in [0.5, 0.6) is 0 Å². The molecule has 0 aliphatic heterocycles. The van der Waals surface area contributed by atoms with Crippen LogP contribution in [0.2, 0.25) is 10.0 Å². The summed E-state index contributed by atoms with van der Waals surface area (Å²) in [6.45, 7) is 0. The molecule has 2 rings (SSSR count). The molecule has 0 nitrogen and oxygen atoms in total. The van der Waals surface area contributed by atoms with E-state index in [1.165, 1.54) is 11.1 Å². The highest BCUT2D eigenvalue weighted by atomic mass is 79.9. The third kappa shape index (κ3) is 3.50. The van der Waals surface area contributed by atoms with Crippen LogP contribution in [0.1, 0.15) is 17.0 Å². The van der Waals surface area contributed by atoms with Crippen molar-refractivity contribution >= 4 is 39.1 Å². The molecular formula is C15H13BrCl2. The Labute approximate surface area is 126 Å². The fraction of sp³-hybridized carbons (Fsp3) is 0.200. The molecule has 3 heteroatoms. The van der Waals surface area contributed by atoms with E-state index in [1.54, 1.807) is 0 Å². The lowest BCUT2D eigenvalue weighted by atomic mass is 9.94. The van der Waals surface area contributed by atoms with Gasteiger partial charge in [0.2, 0.25) is 0 Å². The SMILES string of the molecule is Clc1ccc(CC(CBr)c2ccccc2)cc1Cl. The average Bonchev–Trinajstić information content (AvgIpc) is 2.41. The van der Waals surface area contributed by atoms with Gasteiger partial charge in [-0.05, 0) is 35.6 Å². The molecule has 18 heavy (non-hydrogen) atoms. The fourth-order valence-corrected chi connectivity index (χ4v) is 2.86. The molecule has 0 saturated heterocycles. The maximum Gasteiger partial charge on any atom is 0.0595 e. The van der Waals surface area contributed by atoms with Crippen LogP contribution in [-0.4, -0.2) is 5.33 Å². The third-order valence-electron chi connectivity index (χ3n) is 2.92. The van der Waals surface area contributed by atoms with Gasteiger partial charge in [0.1, 0.15) is 0 Å². The molecule has 0 aromatic heterocycles. The van der Waals surface area contributed by atoms with E-state index in [-0.39, 0.29) is 0 Å². The van der Waals surface area contributed by atoms with Crippen molar-refractivity contribution in [3.63, 3.8) is 0 Å². The van der Waals surface area contributed by atoms with E-state index in [2.05, 4.69) is 40.2 Å². The van der Waals surface area contributed by atoms with Gasteiger partial charge in [-0.15, -0.1) is 0 Å². The van der Waals surface area contributed by atoms with Crippen molar-refractivity contribution in [2.45, 2.75) is 12.3 Å². The van der Waals surface area contributed by atoms with E-state index in [0.717, 1.165) is 11.8 Å². The van der Waals surface area contributed by atoms with E-state index in [1.807, 2.05) is 24.3 Å². The Morgan fingerprint density at radius 3 is 2.28 bits per heavy atom. The largest absolute Gasteiger partial charge is 0.0921 e. The number of alkyl halides is 1. The van der Waals surface area contributed by atoms with E-state index < -0.39 is 0 Å². The van der Waals surface area contributed by atoms with Crippen molar-refractivity contribution in [3.8, 4) is 0 Å². The van der Waals surface area contributed by atoms with Crippen LogP contribution in [0.15, 0.2) is 48.5 Å². The molecule has 2 aromatic rings. The van der Waals surface area contributed by atoms with Crippen LogP contribution >= 0.6 is 39.1 Å².